The van der Waals surface area contributed by atoms with Gasteiger partial charge in [-0.25, -0.2) is 0 Å². The number of benzene rings is 1. The minimum atomic E-state index is 0.0377. The van der Waals surface area contributed by atoms with Crippen molar-refractivity contribution < 1.29 is 9.47 Å². The number of rotatable bonds is 4. The van der Waals surface area contributed by atoms with E-state index in [4.69, 9.17) is 21.1 Å². The Morgan fingerprint density at radius 3 is 3.00 bits per heavy atom. The fraction of sp³-hybridized carbons (Fsp3) is 0.571. The summed E-state index contributed by atoms with van der Waals surface area (Å²) in [6.45, 7) is 3.24. The minimum Gasteiger partial charge on any atom is -0.492 e. The highest BCUT2D eigenvalue weighted by molar-refractivity contribution is 6.32. The van der Waals surface area contributed by atoms with Crippen LogP contribution in [0, 0.1) is 5.92 Å². The quantitative estimate of drug-likeness (QED) is 0.910. The Morgan fingerprint density at radius 1 is 1.39 bits per heavy atom. The Morgan fingerprint density at radius 2 is 2.28 bits per heavy atom. The van der Waals surface area contributed by atoms with Gasteiger partial charge in [0.05, 0.1) is 24.3 Å². The molecule has 2 fully saturated rings. The third-order valence-corrected chi connectivity index (χ3v) is 3.84. The second kappa shape index (κ2) is 5.47. The lowest BCUT2D eigenvalue weighted by atomic mass is 10.1. The van der Waals surface area contributed by atoms with Crippen LogP contribution in [0.3, 0.4) is 0 Å². The summed E-state index contributed by atoms with van der Waals surface area (Å²) in [6.07, 6.45) is 2.61. The molecule has 1 aromatic carbocycles. The second-order valence-electron chi connectivity index (χ2n) is 4.98. The van der Waals surface area contributed by atoms with Crippen molar-refractivity contribution in [2.24, 2.45) is 5.92 Å². The second-order valence-corrected chi connectivity index (χ2v) is 5.36. The number of morpholine rings is 1. The van der Waals surface area contributed by atoms with Crippen LogP contribution in [0.1, 0.15) is 24.5 Å². The summed E-state index contributed by atoms with van der Waals surface area (Å²) in [5.74, 6) is 1.52. The maximum absolute atomic E-state index is 6.41. The summed E-state index contributed by atoms with van der Waals surface area (Å²) in [7, 11) is 0. The Bertz CT molecular complexity index is 414. The van der Waals surface area contributed by atoms with Gasteiger partial charge >= 0.3 is 0 Å². The van der Waals surface area contributed by atoms with Crippen LogP contribution < -0.4 is 10.1 Å². The smallest absolute Gasteiger partial charge is 0.138 e. The van der Waals surface area contributed by atoms with Crippen molar-refractivity contribution in [3.8, 4) is 5.75 Å². The predicted molar refractivity (Wildman–Crippen MR) is 71.2 cm³/mol. The van der Waals surface area contributed by atoms with Gasteiger partial charge < -0.3 is 14.8 Å². The molecule has 3 rings (SSSR count). The molecule has 1 unspecified atom stereocenters. The maximum atomic E-state index is 6.41. The molecule has 0 bridgehead atoms. The van der Waals surface area contributed by atoms with Gasteiger partial charge in [-0.15, -0.1) is 0 Å². The van der Waals surface area contributed by atoms with Crippen LogP contribution in [-0.4, -0.2) is 26.3 Å². The van der Waals surface area contributed by atoms with E-state index in [0.717, 1.165) is 43.5 Å². The van der Waals surface area contributed by atoms with Gasteiger partial charge in [0, 0.05) is 18.7 Å². The number of halogens is 1. The topological polar surface area (TPSA) is 30.5 Å². The summed E-state index contributed by atoms with van der Waals surface area (Å²) in [5.41, 5.74) is 1.03. The van der Waals surface area contributed by atoms with Crippen molar-refractivity contribution in [2.75, 3.05) is 26.3 Å². The Hall–Kier alpha value is -0.770. The first-order chi connectivity index (χ1) is 8.84. The van der Waals surface area contributed by atoms with Crippen LogP contribution in [0.25, 0.3) is 0 Å². The molecule has 98 valence electrons. The van der Waals surface area contributed by atoms with Crippen LogP contribution in [0.15, 0.2) is 18.2 Å². The van der Waals surface area contributed by atoms with Gasteiger partial charge in [-0.3, -0.25) is 0 Å². The third-order valence-electron chi connectivity index (χ3n) is 3.44. The van der Waals surface area contributed by atoms with E-state index in [2.05, 4.69) is 5.32 Å². The molecule has 0 spiro atoms. The zero-order chi connectivity index (χ0) is 12.4. The molecule has 0 aromatic heterocycles. The Balaban J connectivity index is 1.73. The summed E-state index contributed by atoms with van der Waals surface area (Å²) in [6, 6.07) is 5.94. The zero-order valence-corrected chi connectivity index (χ0v) is 11.1. The normalized spacial score (nSPS) is 23.9. The first kappa shape index (κ1) is 12.3. The molecule has 3 nitrogen and oxygen atoms in total. The summed E-state index contributed by atoms with van der Waals surface area (Å²) in [5, 5.41) is 4.02. The van der Waals surface area contributed by atoms with Crippen LogP contribution in [0.4, 0.5) is 0 Å². The average molecular weight is 268 g/mol. The molecule has 1 aromatic rings. The molecule has 1 heterocycles. The summed E-state index contributed by atoms with van der Waals surface area (Å²) in [4.78, 5) is 0. The molecule has 1 saturated heterocycles. The first-order valence-electron chi connectivity index (χ1n) is 6.58. The van der Waals surface area contributed by atoms with Crippen molar-refractivity contribution in [3.63, 3.8) is 0 Å². The van der Waals surface area contributed by atoms with E-state index in [-0.39, 0.29) is 6.10 Å². The van der Waals surface area contributed by atoms with Gasteiger partial charge in [0.1, 0.15) is 5.75 Å². The molecule has 4 heteroatoms. The fourth-order valence-corrected chi connectivity index (χ4v) is 2.45. The summed E-state index contributed by atoms with van der Waals surface area (Å²) < 4.78 is 11.5. The van der Waals surface area contributed by atoms with Crippen molar-refractivity contribution in [1.29, 1.82) is 0 Å². The monoisotopic (exact) mass is 267 g/mol. The maximum Gasteiger partial charge on any atom is 0.138 e. The highest BCUT2D eigenvalue weighted by atomic mass is 35.5. The number of hydrogen-bond acceptors (Lipinski definition) is 3. The van der Waals surface area contributed by atoms with Gasteiger partial charge in [-0.2, -0.15) is 0 Å². The molecular formula is C14H18ClNO2. The van der Waals surface area contributed by atoms with Crippen LogP contribution in [-0.2, 0) is 4.74 Å². The van der Waals surface area contributed by atoms with E-state index in [9.17, 15) is 0 Å². The average Bonchev–Trinajstić information content (AvgIpc) is 3.23. The lowest BCUT2D eigenvalue weighted by molar-refractivity contribution is 0.0276. The molecule has 0 radical (unpaired) electrons. The predicted octanol–water partition coefficient (Wildman–Crippen LogP) is 2.79. The van der Waals surface area contributed by atoms with Crippen LogP contribution in [0.2, 0.25) is 5.02 Å². The Kier molecular flexibility index (Phi) is 3.73. The molecule has 1 N–H and O–H groups in total. The van der Waals surface area contributed by atoms with E-state index < -0.39 is 0 Å². The molecule has 18 heavy (non-hydrogen) atoms. The van der Waals surface area contributed by atoms with Gasteiger partial charge in [0.25, 0.3) is 0 Å². The van der Waals surface area contributed by atoms with E-state index >= 15 is 0 Å². The molecular weight excluding hydrogens is 250 g/mol. The van der Waals surface area contributed by atoms with Crippen molar-refractivity contribution in [2.45, 2.75) is 18.9 Å². The lowest BCUT2D eigenvalue weighted by Crippen LogP contribution is -2.33. The van der Waals surface area contributed by atoms with Gasteiger partial charge in [0.15, 0.2) is 0 Å². The van der Waals surface area contributed by atoms with Gasteiger partial charge in [-0.05, 0) is 24.8 Å². The van der Waals surface area contributed by atoms with E-state index in [0.29, 0.717) is 5.02 Å². The van der Waals surface area contributed by atoms with Crippen molar-refractivity contribution in [3.05, 3.63) is 28.8 Å². The molecule has 1 saturated carbocycles. The van der Waals surface area contributed by atoms with E-state index in [1.807, 2.05) is 18.2 Å². The highest BCUT2D eigenvalue weighted by Gasteiger charge is 2.24. The summed E-state index contributed by atoms with van der Waals surface area (Å²) >= 11 is 6.41. The molecule has 0 amide bonds. The SMILES string of the molecule is Clc1c(OCC2CC2)cccc1C1CNCCO1. The van der Waals surface area contributed by atoms with E-state index in [1.54, 1.807) is 0 Å². The molecule has 1 aliphatic heterocycles. The number of hydrogen-bond donors (Lipinski definition) is 1. The molecule has 1 atom stereocenters. The van der Waals surface area contributed by atoms with Crippen LogP contribution in [0.5, 0.6) is 5.75 Å². The number of nitrogens with one attached hydrogen (secondary N) is 1. The number of ether oxygens (including phenoxy) is 2. The standard InChI is InChI=1S/C14H18ClNO2/c15-14-11(13-8-16-6-7-17-13)2-1-3-12(14)18-9-10-4-5-10/h1-3,10,13,16H,4-9H2. The van der Waals surface area contributed by atoms with E-state index in [1.165, 1.54) is 12.8 Å². The first-order valence-corrected chi connectivity index (χ1v) is 6.96. The molecule has 2 aliphatic rings. The van der Waals surface area contributed by atoms with Gasteiger partial charge in [-0.1, -0.05) is 23.7 Å². The minimum absolute atomic E-state index is 0.0377. The highest BCUT2D eigenvalue weighted by Crippen LogP contribution is 2.36. The zero-order valence-electron chi connectivity index (χ0n) is 10.3. The van der Waals surface area contributed by atoms with Gasteiger partial charge in [0.2, 0.25) is 0 Å². The molecule has 1 aliphatic carbocycles. The lowest BCUT2D eigenvalue weighted by Gasteiger charge is -2.25. The third kappa shape index (κ3) is 2.79. The van der Waals surface area contributed by atoms with Crippen LogP contribution >= 0.6 is 11.6 Å². The largest absolute Gasteiger partial charge is 0.492 e. The van der Waals surface area contributed by atoms with Crippen molar-refractivity contribution in [1.82, 2.24) is 5.32 Å². The fourth-order valence-electron chi connectivity index (χ4n) is 2.15. The Labute approximate surface area is 112 Å². The van der Waals surface area contributed by atoms with Crippen molar-refractivity contribution >= 4 is 11.6 Å².